The van der Waals surface area contributed by atoms with E-state index < -0.39 is 4.46 Å². The van der Waals surface area contributed by atoms with Crippen molar-refractivity contribution in [1.82, 2.24) is 10.6 Å². The molecule has 0 amide bonds. The Hall–Kier alpha value is 0.500. The van der Waals surface area contributed by atoms with Gasteiger partial charge in [-0.25, -0.2) is 0 Å². The number of hydrogen-bond donors (Lipinski definition) is 2. The Morgan fingerprint density at radius 1 is 1.43 bits per heavy atom. The van der Waals surface area contributed by atoms with Gasteiger partial charge in [-0.15, -0.1) is 0 Å². The van der Waals surface area contributed by atoms with Crippen LogP contribution in [0.25, 0.3) is 0 Å². The molecule has 2 nitrogen and oxygen atoms in total. The molecular weight excluding hydrogens is 135 g/mol. The van der Waals surface area contributed by atoms with E-state index in [0.717, 1.165) is 0 Å². The number of hydrogen-bond acceptors (Lipinski definition) is 2. The molecule has 1 rings (SSSR count). The van der Waals surface area contributed by atoms with Crippen LogP contribution in [0.2, 0.25) is 0 Å². The second-order valence-electron chi connectivity index (χ2n) is 1.48. The third-order valence-corrected chi connectivity index (χ3v) is 1.35. The van der Waals surface area contributed by atoms with Crippen LogP contribution in [0.3, 0.4) is 0 Å². The predicted octanol–water partition coefficient (Wildman–Crippen LogP) is 0.268. The maximum atomic E-state index is 5.56. The molecule has 0 unspecified atom stereocenters. The molecule has 0 spiro atoms. The van der Waals surface area contributed by atoms with Gasteiger partial charge in [-0.2, -0.15) is 0 Å². The molecule has 1 heterocycles. The molecule has 0 saturated carbocycles. The van der Waals surface area contributed by atoms with Crippen molar-refractivity contribution in [1.29, 1.82) is 0 Å². The topological polar surface area (TPSA) is 24.1 Å². The van der Waals surface area contributed by atoms with Crippen molar-refractivity contribution >= 4 is 23.2 Å². The van der Waals surface area contributed by atoms with Gasteiger partial charge in [0.25, 0.3) is 0 Å². The fraction of sp³-hybridized carbons (Fsp3) is 1.00. The van der Waals surface area contributed by atoms with Crippen molar-refractivity contribution in [3.05, 3.63) is 0 Å². The molecule has 2 N–H and O–H groups in total. The standard InChI is InChI=1S/C3H6Cl2N2/c4-3(5)1-6-2-7-3/h6-7H,1-2H2. The Balaban J connectivity index is 2.40. The van der Waals surface area contributed by atoms with Crippen molar-refractivity contribution < 1.29 is 0 Å². The summed E-state index contributed by atoms with van der Waals surface area (Å²) in [5, 5.41) is 5.75. The lowest BCUT2D eigenvalue weighted by atomic mass is 10.7. The molecule has 0 aromatic carbocycles. The zero-order valence-electron chi connectivity index (χ0n) is 3.67. The van der Waals surface area contributed by atoms with Gasteiger partial charge in [-0.1, -0.05) is 23.2 Å². The second-order valence-corrected chi connectivity index (χ2v) is 2.97. The molecule has 0 aromatic heterocycles. The Morgan fingerprint density at radius 2 is 2.14 bits per heavy atom. The van der Waals surface area contributed by atoms with Crippen LogP contribution in [0.1, 0.15) is 0 Å². The summed E-state index contributed by atoms with van der Waals surface area (Å²) in [6, 6.07) is 0. The quantitative estimate of drug-likeness (QED) is 0.373. The maximum Gasteiger partial charge on any atom is 0.182 e. The van der Waals surface area contributed by atoms with Gasteiger partial charge >= 0.3 is 0 Å². The van der Waals surface area contributed by atoms with E-state index in [4.69, 9.17) is 23.2 Å². The van der Waals surface area contributed by atoms with Crippen LogP contribution < -0.4 is 10.6 Å². The molecule has 1 fully saturated rings. The minimum atomic E-state index is -0.722. The zero-order valence-corrected chi connectivity index (χ0v) is 5.18. The summed E-state index contributed by atoms with van der Waals surface area (Å²) in [6.07, 6.45) is 0. The predicted molar refractivity (Wildman–Crippen MR) is 30.4 cm³/mol. The number of nitrogens with one attached hydrogen (secondary N) is 2. The van der Waals surface area contributed by atoms with E-state index in [-0.39, 0.29) is 0 Å². The summed E-state index contributed by atoms with van der Waals surface area (Å²) in [7, 11) is 0. The highest BCUT2D eigenvalue weighted by Crippen LogP contribution is 2.17. The van der Waals surface area contributed by atoms with Crippen LogP contribution in [0, 0.1) is 0 Å². The van der Waals surface area contributed by atoms with Gasteiger partial charge < -0.3 is 5.32 Å². The van der Waals surface area contributed by atoms with E-state index >= 15 is 0 Å². The Kier molecular flexibility index (Phi) is 1.44. The normalized spacial score (nSPS) is 28.3. The van der Waals surface area contributed by atoms with E-state index in [2.05, 4.69) is 10.6 Å². The Labute approximate surface area is 52.2 Å². The van der Waals surface area contributed by atoms with Crippen LogP contribution in [-0.2, 0) is 0 Å². The first-order valence-corrected chi connectivity index (χ1v) is 2.80. The fourth-order valence-electron chi connectivity index (χ4n) is 0.474. The summed E-state index contributed by atoms with van der Waals surface area (Å²) in [5.74, 6) is 0. The minimum Gasteiger partial charge on any atom is -0.300 e. The van der Waals surface area contributed by atoms with Crippen molar-refractivity contribution in [2.45, 2.75) is 4.46 Å². The van der Waals surface area contributed by atoms with Gasteiger partial charge in [0.15, 0.2) is 4.46 Å². The highest BCUT2D eigenvalue weighted by atomic mass is 35.5. The zero-order chi connectivity index (χ0) is 5.33. The maximum absolute atomic E-state index is 5.56. The van der Waals surface area contributed by atoms with Crippen LogP contribution in [-0.4, -0.2) is 17.7 Å². The third kappa shape index (κ3) is 1.46. The van der Waals surface area contributed by atoms with Gasteiger partial charge in [-0.05, 0) is 0 Å². The first-order valence-electron chi connectivity index (χ1n) is 2.04. The molecule has 7 heavy (non-hydrogen) atoms. The Bertz CT molecular complexity index is 65.3. The van der Waals surface area contributed by atoms with Crippen molar-refractivity contribution in [3.8, 4) is 0 Å². The van der Waals surface area contributed by atoms with E-state index in [1.54, 1.807) is 0 Å². The van der Waals surface area contributed by atoms with Gasteiger partial charge in [0, 0.05) is 13.2 Å². The fourth-order valence-corrected chi connectivity index (χ4v) is 0.796. The largest absolute Gasteiger partial charge is 0.300 e. The average Bonchev–Trinajstić information content (AvgIpc) is 1.84. The third-order valence-electron chi connectivity index (χ3n) is 0.819. The highest BCUT2D eigenvalue weighted by Gasteiger charge is 2.26. The second kappa shape index (κ2) is 1.78. The van der Waals surface area contributed by atoms with E-state index in [1.165, 1.54) is 0 Å². The smallest absolute Gasteiger partial charge is 0.182 e. The molecule has 0 atom stereocenters. The summed E-state index contributed by atoms with van der Waals surface area (Å²) >= 11 is 11.1. The van der Waals surface area contributed by atoms with Crippen LogP contribution >= 0.6 is 23.2 Å². The summed E-state index contributed by atoms with van der Waals surface area (Å²) in [5.41, 5.74) is 0. The van der Waals surface area contributed by atoms with E-state index in [1.807, 2.05) is 0 Å². The minimum absolute atomic E-state index is 0.621. The molecule has 0 aromatic rings. The van der Waals surface area contributed by atoms with E-state index in [9.17, 15) is 0 Å². The van der Waals surface area contributed by atoms with Crippen molar-refractivity contribution in [3.63, 3.8) is 0 Å². The first kappa shape index (κ1) is 5.63. The lowest BCUT2D eigenvalue weighted by Gasteiger charge is -2.07. The SMILES string of the molecule is ClC1(Cl)CNCN1. The molecule has 0 bridgehead atoms. The molecule has 1 aliphatic heterocycles. The number of alkyl halides is 2. The summed E-state index contributed by atoms with van der Waals surface area (Å²) < 4.78 is -0.722. The molecule has 42 valence electrons. The van der Waals surface area contributed by atoms with Gasteiger partial charge in [0.2, 0.25) is 0 Å². The monoisotopic (exact) mass is 140 g/mol. The van der Waals surface area contributed by atoms with Crippen molar-refractivity contribution in [2.24, 2.45) is 0 Å². The molecule has 1 aliphatic rings. The molecular formula is C3H6Cl2N2. The van der Waals surface area contributed by atoms with E-state index in [0.29, 0.717) is 13.2 Å². The summed E-state index contributed by atoms with van der Waals surface area (Å²) in [6.45, 7) is 1.32. The average molecular weight is 141 g/mol. The van der Waals surface area contributed by atoms with Crippen LogP contribution in [0.4, 0.5) is 0 Å². The number of halogens is 2. The van der Waals surface area contributed by atoms with Crippen LogP contribution in [0.5, 0.6) is 0 Å². The first-order chi connectivity index (χ1) is 3.21. The molecule has 0 aliphatic carbocycles. The van der Waals surface area contributed by atoms with Gasteiger partial charge in [0.05, 0.1) is 0 Å². The molecule has 0 radical (unpaired) electrons. The van der Waals surface area contributed by atoms with Crippen LogP contribution in [0.15, 0.2) is 0 Å². The Morgan fingerprint density at radius 3 is 2.29 bits per heavy atom. The van der Waals surface area contributed by atoms with Gasteiger partial charge in [-0.3, -0.25) is 5.32 Å². The molecule has 4 heteroatoms. The summed E-state index contributed by atoms with van der Waals surface area (Å²) in [4.78, 5) is 0. The highest BCUT2D eigenvalue weighted by molar-refractivity contribution is 6.48. The van der Waals surface area contributed by atoms with Gasteiger partial charge in [0.1, 0.15) is 0 Å². The lowest BCUT2D eigenvalue weighted by molar-refractivity contribution is 0.750. The van der Waals surface area contributed by atoms with Crippen molar-refractivity contribution in [2.75, 3.05) is 13.2 Å². The lowest BCUT2D eigenvalue weighted by Crippen LogP contribution is -2.28. The molecule has 1 saturated heterocycles. The number of rotatable bonds is 0.